The largest absolute Gasteiger partial charge is 0.398 e. The van der Waals surface area contributed by atoms with Gasteiger partial charge in [0.05, 0.1) is 15.7 Å². The summed E-state index contributed by atoms with van der Waals surface area (Å²) in [6.07, 6.45) is 0. The van der Waals surface area contributed by atoms with Crippen LogP contribution in [0.3, 0.4) is 0 Å². The minimum atomic E-state index is -1.45. The normalized spacial score (nSPS) is 14.8. The number of aryl methyl sites for hydroxylation is 1. The number of nitrogens with one attached hydrogen (secondary N) is 1. The average Bonchev–Trinajstić information content (AvgIpc) is 2.28. The Morgan fingerprint density at radius 3 is 2.47 bits per heavy atom. The fraction of sp³-hybridized carbons (Fsp3) is 0.500. The number of benzene rings is 1. The fourth-order valence-electron chi connectivity index (χ4n) is 1.57. The summed E-state index contributed by atoms with van der Waals surface area (Å²) < 4.78 is 12.4. The fourth-order valence-corrected chi connectivity index (χ4v) is 2.81. The summed E-state index contributed by atoms with van der Waals surface area (Å²) in [5.74, 6) is -0.230. The third-order valence-corrected chi connectivity index (χ3v) is 4.22. The average molecular weight is 282 g/mol. The Hall–Kier alpha value is -1.36. The lowest BCUT2D eigenvalue weighted by atomic mass is 10.1. The van der Waals surface area contributed by atoms with Gasteiger partial charge >= 0.3 is 0 Å². The van der Waals surface area contributed by atoms with Gasteiger partial charge in [0.25, 0.3) is 0 Å². The molecule has 0 bridgehead atoms. The number of nitrogens with two attached hydrogens (primary N) is 1. The number of carbonyl (C=O) groups excluding carboxylic acids is 1. The van der Waals surface area contributed by atoms with Crippen LogP contribution in [0.2, 0.25) is 0 Å². The van der Waals surface area contributed by atoms with E-state index in [9.17, 15) is 9.00 Å². The first kappa shape index (κ1) is 15.7. The summed E-state index contributed by atoms with van der Waals surface area (Å²) in [5, 5.41) is 2.20. The van der Waals surface area contributed by atoms with Crippen molar-refractivity contribution >= 4 is 22.4 Å². The van der Waals surface area contributed by atoms with Gasteiger partial charge in [-0.05, 0) is 52.3 Å². The monoisotopic (exact) mass is 282 g/mol. The second-order valence-electron chi connectivity index (χ2n) is 5.72. The summed E-state index contributed by atoms with van der Waals surface area (Å²) in [6.45, 7) is 9.23. The van der Waals surface area contributed by atoms with Crippen LogP contribution in [0.1, 0.15) is 33.3 Å². The molecule has 0 saturated carbocycles. The molecule has 0 saturated heterocycles. The van der Waals surface area contributed by atoms with E-state index in [1.54, 1.807) is 19.1 Å². The van der Waals surface area contributed by atoms with E-state index in [0.717, 1.165) is 5.56 Å². The number of hydrogen-bond donors (Lipinski definition) is 2. The van der Waals surface area contributed by atoms with Gasteiger partial charge < -0.3 is 11.1 Å². The zero-order valence-electron chi connectivity index (χ0n) is 12.1. The highest BCUT2D eigenvalue weighted by atomic mass is 32.2. The molecule has 4 nitrogen and oxygen atoms in total. The quantitative estimate of drug-likeness (QED) is 0.833. The molecule has 0 heterocycles. The van der Waals surface area contributed by atoms with Gasteiger partial charge in [-0.3, -0.25) is 9.00 Å². The maximum absolute atomic E-state index is 12.4. The van der Waals surface area contributed by atoms with E-state index in [4.69, 9.17) is 5.73 Å². The van der Waals surface area contributed by atoms with Gasteiger partial charge in [0, 0.05) is 11.2 Å². The van der Waals surface area contributed by atoms with Crippen molar-refractivity contribution in [1.82, 2.24) is 5.32 Å². The molecule has 3 N–H and O–H groups in total. The Morgan fingerprint density at radius 1 is 1.37 bits per heavy atom. The van der Waals surface area contributed by atoms with E-state index in [1.807, 2.05) is 33.8 Å². The molecule has 0 aliphatic rings. The molecule has 0 aliphatic heterocycles. The number of hydrogen-bond acceptors (Lipinski definition) is 3. The highest BCUT2D eigenvalue weighted by Gasteiger charge is 2.25. The Balaban J connectivity index is 2.94. The maximum atomic E-state index is 12.4. The van der Waals surface area contributed by atoms with Crippen molar-refractivity contribution in [2.24, 2.45) is 0 Å². The first-order valence-corrected chi connectivity index (χ1v) is 7.42. The van der Waals surface area contributed by atoms with Crippen molar-refractivity contribution in [3.63, 3.8) is 0 Å². The van der Waals surface area contributed by atoms with Crippen LogP contribution in [0, 0.1) is 6.92 Å². The van der Waals surface area contributed by atoms with Gasteiger partial charge in [-0.15, -0.1) is 0 Å². The summed E-state index contributed by atoms with van der Waals surface area (Å²) >= 11 is 0. The standard InChI is InChI=1S/C14H22N2O2S/c1-9-6-7-11(15)12(8-9)19(18)10(2)13(17)16-14(3,4)5/h6-8,10H,15H2,1-5H3,(H,16,17). The lowest BCUT2D eigenvalue weighted by molar-refractivity contribution is -0.121. The minimum Gasteiger partial charge on any atom is -0.398 e. The third kappa shape index (κ3) is 4.35. The first-order chi connectivity index (χ1) is 8.61. The zero-order chi connectivity index (χ0) is 14.8. The van der Waals surface area contributed by atoms with Crippen LogP contribution >= 0.6 is 0 Å². The second kappa shape index (κ2) is 5.74. The van der Waals surface area contributed by atoms with Crippen molar-refractivity contribution in [2.75, 3.05) is 5.73 Å². The lowest BCUT2D eigenvalue weighted by Gasteiger charge is -2.23. The summed E-state index contributed by atoms with van der Waals surface area (Å²) in [4.78, 5) is 12.5. The van der Waals surface area contributed by atoms with Gasteiger partial charge in [0.15, 0.2) is 0 Å². The molecule has 0 aliphatic carbocycles. The molecule has 19 heavy (non-hydrogen) atoms. The van der Waals surface area contributed by atoms with E-state index >= 15 is 0 Å². The van der Waals surface area contributed by atoms with E-state index in [-0.39, 0.29) is 11.4 Å². The predicted octanol–water partition coefficient (Wildman–Crippen LogP) is 1.99. The van der Waals surface area contributed by atoms with Crippen LogP contribution in [-0.2, 0) is 15.6 Å². The summed E-state index contributed by atoms with van der Waals surface area (Å²) in [5.41, 5.74) is 6.92. The molecule has 1 amide bonds. The Kier molecular flexibility index (Phi) is 4.74. The molecule has 1 aromatic rings. The zero-order valence-corrected chi connectivity index (χ0v) is 12.9. The van der Waals surface area contributed by atoms with Crippen LogP contribution in [0.15, 0.2) is 23.1 Å². The van der Waals surface area contributed by atoms with Gasteiger partial charge in [0.2, 0.25) is 5.91 Å². The van der Waals surface area contributed by atoms with E-state index in [1.165, 1.54) is 0 Å². The number of nitrogen functional groups attached to an aromatic ring is 1. The number of anilines is 1. The van der Waals surface area contributed by atoms with Crippen molar-refractivity contribution in [3.05, 3.63) is 23.8 Å². The molecule has 1 aromatic carbocycles. The number of amides is 1. The van der Waals surface area contributed by atoms with Crippen LogP contribution in [0.25, 0.3) is 0 Å². The Morgan fingerprint density at radius 2 is 1.95 bits per heavy atom. The molecule has 5 heteroatoms. The van der Waals surface area contributed by atoms with Crippen molar-refractivity contribution in [3.8, 4) is 0 Å². The predicted molar refractivity (Wildman–Crippen MR) is 79.4 cm³/mol. The highest BCUT2D eigenvalue weighted by molar-refractivity contribution is 7.86. The van der Waals surface area contributed by atoms with Crippen LogP contribution in [0.5, 0.6) is 0 Å². The highest BCUT2D eigenvalue weighted by Crippen LogP contribution is 2.21. The smallest absolute Gasteiger partial charge is 0.236 e. The molecule has 2 unspecified atom stereocenters. The topological polar surface area (TPSA) is 72.2 Å². The molecule has 1 rings (SSSR count). The summed E-state index contributed by atoms with van der Waals surface area (Å²) in [7, 11) is -1.45. The molecular weight excluding hydrogens is 260 g/mol. The molecular formula is C14H22N2O2S. The van der Waals surface area contributed by atoms with Crippen LogP contribution < -0.4 is 11.1 Å². The first-order valence-electron chi connectivity index (χ1n) is 6.20. The van der Waals surface area contributed by atoms with Crippen molar-refractivity contribution < 1.29 is 9.00 Å². The molecule has 0 radical (unpaired) electrons. The molecule has 2 atom stereocenters. The molecule has 0 aromatic heterocycles. The van der Waals surface area contributed by atoms with E-state index in [2.05, 4.69) is 5.32 Å². The Bertz CT molecular complexity index is 507. The molecule has 106 valence electrons. The van der Waals surface area contributed by atoms with Crippen molar-refractivity contribution in [1.29, 1.82) is 0 Å². The van der Waals surface area contributed by atoms with Gasteiger partial charge in [-0.2, -0.15) is 0 Å². The van der Waals surface area contributed by atoms with Crippen molar-refractivity contribution in [2.45, 2.75) is 50.3 Å². The maximum Gasteiger partial charge on any atom is 0.236 e. The van der Waals surface area contributed by atoms with Gasteiger partial charge in [-0.25, -0.2) is 0 Å². The number of carbonyl (C=O) groups is 1. The van der Waals surface area contributed by atoms with Crippen LogP contribution in [-0.4, -0.2) is 20.9 Å². The molecule has 0 fully saturated rings. The van der Waals surface area contributed by atoms with Gasteiger partial charge in [0.1, 0.15) is 5.25 Å². The minimum absolute atomic E-state index is 0.230. The summed E-state index contributed by atoms with van der Waals surface area (Å²) in [6, 6.07) is 5.35. The van der Waals surface area contributed by atoms with Gasteiger partial charge in [-0.1, -0.05) is 6.07 Å². The lowest BCUT2D eigenvalue weighted by Crippen LogP contribution is -2.46. The van der Waals surface area contributed by atoms with Crippen LogP contribution in [0.4, 0.5) is 5.69 Å². The second-order valence-corrected chi connectivity index (χ2v) is 7.46. The number of rotatable bonds is 3. The van der Waals surface area contributed by atoms with E-state index < -0.39 is 16.0 Å². The SMILES string of the molecule is Cc1ccc(N)c(S(=O)C(C)C(=O)NC(C)(C)C)c1. The van der Waals surface area contributed by atoms with E-state index in [0.29, 0.717) is 10.6 Å². The molecule has 0 spiro atoms. The third-order valence-electron chi connectivity index (χ3n) is 2.57. The Labute approximate surface area is 117 Å².